The lowest BCUT2D eigenvalue weighted by atomic mass is 9.73. The highest BCUT2D eigenvalue weighted by Crippen LogP contribution is 2.38. The molecule has 0 aromatic heterocycles. The van der Waals surface area contributed by atoms with Crippen molar-refractivity contribution in [3.63, 3.8) is 0 Å². The van der Waals surface area contributed by atoms with Gasteiger partial charge in [0.1, 0.15) is 0 Å². The summed E-state index contributed by atoms with van der Waals surface area (Å²) in [5.74, 6) is 0. The van der Waals surface area contributed by atoms with E-state index in [-0.39, 0.29) is 0 Å². The molecule has 0 saturated carbocycles. The van der Waals surface area contributed by atoms with Crippen LogP contribution in [0, 0.1) is 12.3 Å². The Hall–Kier alpha value is -1.04. The molecule has 0 aliphatic heterocycles. The van der Waals surface area contributed by atoms with Crippen LogP contribution in [0.2, 0.25) is 0 Å². The van der Waals surface area contributed by atoms with Crippen molar-refractivity contribution in [3.8, 4) is 0 Å². The Bertz CT molecular complexity index is 435. The van der Waals surface area contributed by atoms with Crippen LogP contribution in [-0.4, -0.2) is 0 Å². The molecule has 0 amide bonds. The molecule has 106 valence electrons. The molecule has 0 aliphatic rings. The highest BCUT2D eigenvalue weighted by Gasteiger charge is 2.25. The van der Waals surface area contributed by atoms with Gasteiger partial charge in [-0.25, -0.2) is 0 Å². The molecule has 0 aliphatic carbocycles. The number of aryl methyl sites for hydroxylation is 2. The predicted octanol–water partition coefficient (Wildman–Crippen LogP) is 6.09. The Morgan fingerprint density at radius 1 is 1.05 bits per heavy atom. The van der Waals surface area contributed by atoms with E-state index in [1.807, 2.05) is 0 Å². The van der Waals surface area contributed by atoms with E-state index in [2.05, 4.69) is 65.8 Å². The van der Waals surface area contributed by atoms with E-state index < -0.39 is 0 Å². The lowest BCUT2D eigenvalue weighted by molar-refractivity contribution is 0.329. The summed E-state index contributed by atoms with van der Waals surface area (Å²) in [6.07, 6.45) is 4.99. The minimum absolute atomic E-state index is 0.357. The molecule has 0 N–H and O–H groups in total. The van der Waals surface area contributed by atoms with Crippen LogP contribution >= 0.6 is 0 Å². The van der Waals surface area contributed by atoms with Gasteiger partial charge in [0.2, 0.25) is 0 Å². The molecule has 0 heteroatoms. The normalized spacial score (nSPS) is 14.0. The molecule has 1 rings (SSSR count). The van der Waals surface area contributed by atoms with Crippen LogP contribution in [0.3, 0.4) is 0 Å². The van der Waals surface area contributed by atoms with Gasteiger partial charge in [-0.1, -0.05) is 55.7 Å². The second-order valence-electron chi connectivity index (χ2n) is 6.36. The lowest BCUT2D eigenvalue weighted by Crippen LogP contribution is -2.20. The summed E-state index contributed by atoms with van der Waals surface area (Å²) in [7, 11) is 0. The number of hydrogen-bond donors (Lipinski definition) is 0. The van der Waals surface area contributed by atoms with E-state index in [1.54, 1.807) is 5.57 Å². The van der Waals surface area contributed by atoms with Crippen molar-refractivity contribution in [2.45, 2.75) is 67.2 Å². The number of allylic oxidation sites excluding steroid dienone is 2. The molecular weight excluding hydrogens is 228 g/mol. The quantitative estimate of drug-likeness (QED) is 0.542. The van der Waals surface area contributed by atoms with E-state index >= 15 is 0 Å². The highest BCUT2D eigenvalue weighted by molar-refractivity contribution is 5.26. The van der Waals surface area contributed by atoms with Gasteiger partial charge in [0.25, 0.3) is 0 Å². The fraction of sp³-hybridized carbons (Fsp3) is 0.579. The van der Waals surface area contributed by atoms with Crippen molar-refractivity contribution in [2.24, 2.45) is 5.41 Å². The van der Waals surface area contributed by atoms with Crippen molar-refractivity contribution in [1.29, 1.82) is 0 Å². The van der Waals surface area contributed by atoms with Crippen LogP contribution < -0.4 is 0 Å². The van der Waals surface area contributed by atoms with Crippen LogP contribution in [0.4, 0.5) is 0 Å². The fourth-order valence-electron chi connectivity index (χ4n) is 2.96. The Morgan fingerprint density at radius 3 is 2.21 bits per heavy atom. The zero-order valence-corrected chi connectivity index (χ0v) is 13.6. The maximum atomic E-state index is 2.44. The summed E-state index contributed by atoms with van der Waals surface area (Å²) in [5, 5.41) is 0. The van der Waals surface area contributed by atoms with Gasteiger partial charge in [0.05, 0.1) is 0 Å². The third-order valence-electron chi connectivity index (χ3n) is 4.66. The van der Waals surface area contributed by atoms with E-state index in [0.29, 0.717) is 5.41 Å². The summed E-state index contributed by atoms with van der Waals surface area (Å²) >= 11 is 0. The molecule has 0 nitrogen and oxygen atoms in total. The summed E-state index contributed by atoms with van der Waals surface area (Å²) < 4.78 is 0. The van der Waals surface area contributed by atoms with Gasteiger partial charge in [0, 0.05) is 0 Å². The number of rotatable bonds is 6. The van der Waals surface area contributed by atoms with Gasteiger partial charge in [-0.15, -0.1) is 0 Å². The molecule has 1 aromatic rings. The van der Waals surface area contributed by atoms with Crippen LogP contribution in [0.1, 0.15) is 65.0 Å². The molecule has 0 radical (unpaired) electrons. The van der Waals surface area contributed by atoms with Gasteiger partial charge >= 0.3 is 0 Å². The molecule has 1 aromatic carbocycles. The van der Waals surface area contributed by atoms with Gasteiger partial charge in [-0.3, -0.25) is 0 Å². The molecule has 0 spiro atoms. The first kappa shape index (κ1) is 16.0. The molecule has 0 heterocycles. The Kier molecular flexibility index (Phi) is 5.85. The van der Waals surface area contributed by atoms with Gasteiger partial charge in [-0.05, 0) is 63.5 Å². The molecular formula is C19H30. The predicted molar refractivity (Wildman–Crippen MR) is 86.6 cm³/mol. The molecule has 0 fully saturated rings. The maximum absolute atomic E-state index is 2.44. The van der Waals surface area contributed by atoms with Crippen LogP contribution in [0.25, 0.3) is 0 Å². The minimum atomic E-state index is 0.357. The third kappa shape index (κ3) is 4.23. The van der Waals surface area contributed by atoms with Crippen molar-refractivity contribution in [1.82, 2.24) is 0 Å². The Labute approximate surface area is 119 Å². The second kappa shape index (κ2) is 6.93. The zero-order valence-electron chi connectivity index (χ0n) is 13.6. The van der Waals surface area contributed by atoms with E-state index in [1.165, 1.54) is 42.4 Å². The highest BCUT2D eigenvalue weighted by atomic mass is 14.3. The van der Waals surface area contributed by atoms with E-state index in [0.717, 1.165) is 0 Å². The second-order valence-corrected chi connectivity index (χ2v) is 6.36. The first-order valence-electron chi connectivity index (χ1n) is 7.60. The summed E-state index contributed by atoms with van der Waals surface area (Å²) in [6.45, 7) is 13.8. The molecule has 0 bridgehead atoms. The van der Waals surface area contributed by atoms with Gasteiger partial charge in [0.15, 0.2) is 0 Å². The fourth-order valence-corrected chi connectivity index (χ4v) is 2.96. The van der Waals surface area contributed by atoms with Crippen LogP contribution in [0.5, 0.6) is 0 Å². The van der Waals surface area contributed by atoms with Crippen molar-refractivity contribution < 1.29 is 0 Å². The smallest absolute Gasteiger partial charge is 0.0114 e. The average molecular weight is 258 g/mol. The average Bonchev–Trinajstić information content (AvgIpc) is 2.37. The number of hydrogen-bond acceptors (Lipinski definition) is 0. The lowest BCUT2D eigenvalue weighted by Gasteiger charge is -2.32. The summed E-state index contributed by atoms with van der Waals surface area (Å²) in [5.41, 5.74) is 6.36. The Morgan fingerprint density at radius 2 is 1.68 bits per heavy atom. The number of benzene rings is 1. The van der Waals surface area contributed by atoms with Crippen molar-refractivity contribution in [3.05, 3.63) is 46.5 Å². The van der Waals surface area contributed by atoms with Crippen LogP contribution in [0.15, 0.2) is 35.4 Å². The summed E-state index contributed by atoms with van der Waals surface area (Å²) in [6, 6.07) is 8.79. The van der Waals surface area contributed by atoms with E-state index in [4.69, 9.17) is 0 Å². The van der Waals surface area contributed by atoms with Crippen molar-refractivity contribution >= 4 is 0 Å². The van der Waals surface area contributed by atoms with Crippen molar-refractivity contribution in [2.75, 3.05) is 0 Å². The minimum Gasteiger partial charge on any atom is -0.0770 e. The largest absolute Gasteiger partial charge is 0.0770 e. The van der Waals surface area contributed by atoms with Gasteiger partial charge < -0.3 is 0 Å². The van der Waals surface area contributed by atoms with Crippen LogP contribution in [-0.2, 0) is 6.42 Å². The Balaban J connectivity index is 2.86. The standard InChI is InChI=1S/C19H30/c1-7-13-19(6,17(5)15(2)3)14-12-18-11-9-8-10-16(18)4/h8-11H,7,12-14H2,1-6H3. The first-order valence-corrected chi connectivity index (χ1v) is 7.60. The monoisotopic (exact) mass is 258 g/mol. The molecule has 1 atom stereocenters. The summed E-state index contributed by atoms with van der Waals surface area (Å²) in [4.78, 5) is 0. The zero-order chi connectivity index (χ0) is 14.5. The van der Waals surface area contributed by atoms with Gasteiger partial charge in [-0.2, -0.15) is 0 Å². The topological polar surface area (TPSA) is 0 Å². The van der Waals surface area contributed by atoms with E-state index in [9.17, 15) is 0 Å². The molecule has 1 unspecified atom stereocenters. The third-order valence-corrected chi connectivity index (χ3v) is 4.66. The molecule has 19 heavy (non-hydrogen) atoms. The maximum Gasteiger partial charge on any atom is -0.0114 e. The first-order chi connectivity index (χ1) is 8.90. The molecule has 0 saturated heterocycles. The SMILES string of the molecule is CCCC(C)(CCc1ccccc1C)C(C)=C(C)C.